The predicted octanol–water partition coefficient (Wildman–Crippen LogP) is 3.28. The normalized spacial score (nSPS) is 11.6. The first-order valence-corrected chi connectivity index (χ1v) is 9.53. The van der Waals surface area contributed by atoms with Crippen LogP contribution in [0.3, 0.4) is 0 Å². The van der Waals surface area contributed by atoms with Crippen molar-refractivity contribution in [3.05, 3.63) is 42.5 Å². The molecule has 9 heteroatoms. The molecule has 0 aliphatic rings. The summed E-state index contributed by atoms with van der Waals surface area (Å²) in [5.74, 6) is 0.757. The van der Waals surface area contributed by atoms with E-state index in [1.165, 1.54) is 28.4 Å². The summed E-state index contributed by atoms with van der Waals surface area (Å²) in [4.78, 5) is 24.7. The van der Waals surface area contributed by atoms with Crippen LogP contribution in [0, 0.1) is 0 Å². The lowest BCUT2D eigenvalue weighted by Crippen LogP contribution is -2.18. The van der Waals surface area contributed by atoms with Crippen LogP contribution in [0.15, 0.2) is 42.5 Å². The van der Waals surface area contributed by atoms with Crippen LogP contribution in [0.25, 0.3) is 10.2 Å². The number of rotatable bonds is 5. The maximum absolute atomic E-state index is 11.5. The van der Waals surface area contributed by atoms with Crippen LogP contribution in [0.4, 0.5) is 10.8 Å². The van der Waals surface area contributed by atoms with Gasteiger partial charge < -0.3 is 24.5 Å². The molecule has 3 aromatic rings. The molecular formula is C15H15N2O5PS. The Bertz CT molecular complexity index is 906. The number of fused-ring (bicyclic) bond motifs is 1. The van der Waals surface area contributed by atoms with Crippen LogP contribution in [-0.2, 0) is 4.57 Å². The molecule has 0 saturated carbocycles. The zero-order valence-corrected chi connectivity index (χ0v) is 14.4. The third-order valence-corrected chi connectivity index (χ3v) is 4.99. The second kappa shape index (κ2) is 6.41. The van der Waals surface area contributed by atoms with Gasteiger partial charge in [0.15, 0.2) is 5.13 Å². The lowest BCUT2D eigenvalue weighted by molar-refractivity contribution is 0.373. The Labute approximate surface area is 141 Å². The lowest BCUT2D eigenvalue weighted by atomic mass is 10.3. The Morgan fingerprint density at radius 3 is 2.54 bits per heavy atom. The zero-order valence-electron chi connectivity index (χ0n) is 12.7. The van der Waals surface area contributed by atoms with Gasteiger partial charge in [0.1, 0.15) is 17.8 Å². The predicted molar refractivity (Wildman–Crippen MR) is 93.3 cm³/mol. The summed E-state index contributed by atoms with van der Waals surface area (Å²) in [5.41, 5.74) is 1.24. The number of nitrogens with zero attached hydrogens (tertiary/aromatic N) is 2. The van der Waals surface area contributed by atoms with Gasteiger partial charge in [0, 0.05) is 5.69 Å². The number of phenols is 1. The Balaban J connectivity index is 2.07. The van der Waals surface area contributed by atoms with Crippen molar-refractivity contribution >= 4 is 40.0 Å². The molecule has 0 radical (unpaired) electrons. The van der Waals surface area contributed by atoms with Gasteiger partial charge in [-0.15, -0.1) is 0 Å². The highest BCUT2D eigenvalue weighted by molar-refractivity contribution is 7.51. The van der Waals surface area contributed by atoms with Crippen LogP contribution in [0.1, 0.15) is 0 Å². The number of aromatic hydroxyl groups is 1. The molecular weight excluding hydrogens is 351 g/mol. The fourth-order valence-corrected chi connectivity index (χ4v) is 3.98. The van der Waals surface area contributed by atoms with Crippen molar-refractivity contribution in [2.45, 2.75) is 0 Å². The molecule has 0 aliphatic heterocycles. The van der Waals surface area contributed by atoms with Crippen LogP contribution in [0.5, 0.6) is 11.5 Å². The second-order valence-electron chi connectivity index (χ2n) is 5.08. The van der Waals surface area contributed by atoms with Crippen molar-refractivity contribution in [2.24, 2.45) is 0 Å². The molecule has 0 bridgehead atoms. The van der Waals surface area contributed by atoms with E-state index >= 15 is 0 Å². The van der Waals surface area contributed by atoms with E-state index in [1.54, 1.807) is 31.4 Å². The van der Waals surface area contributed by atoms with Gasteiger partial charge in [-0.2, -0.15) is 0 Å². The number of hydrogen-bond acceptors (Lipinski definition) is 6. The number of anilines is 2. The van der Waals surface area contributed by atoms with Gasteiger partial charge in [-0.05, 0) is 42.5 Å². The van der Waals surface area contributed by atoms with Crippen LogP contribution < -0.4 is 9.64 Å². The Kier molecular flexibility index (Phi) is 4.47. The topological polar surface area (TPSA) is 103 Å². The van der Waals surface area contributed by atoms with E-state index in [4.69, 9.17) is 4.74 Å². The van der Waals surface area contributed by atoms with Crippen LogP contribution in [-0.4, -0.2) is 33.3 Å². The SMILES string of the molecule is COc1ccc2nc(N(CP(=O)(O)O)c3ccc(O)cc3)sc2c1. The van der Waals surface area contributed by atoms with Crippen LogP contribution >= 0.6 is 18.9 Å². The average molecular weight is 366 g/mol. The molecule has 0 unspecified atom stereocenters. The summed E-state index contributed by atoms with van der Waals surface area (Å²) in [6, 6.07) is 11.5. The monoisotopic (exact) mass is 366 g/mol. The summed E-state index contributed by atoms with van der Waals surface area (Å²) in [6.07, 6.45) is -0.505. The molecule has 7 nitrogen and oxygen atoms in total. The van der Waals surface area contributed by atoms with Gasteiger partial charge in [0.05, 0.1) is 17.3 Å². The first-order chi connectivity index (χ1) is 11.4. The largest absolute Gasteiger partial charge is 0.508 e. The zero-order chi connectivity index (χ0) is 17.3. The van der Waals surface area contributed by atoms with Gasteiger partial charge >= 0.3 is 7.60 Å². The summed E-state index contributed by atoms with van der Waals surface area (Å²) in [6.45, 7) is 0. The van der Waals surface area contributed by atoms with E-state index in [1.807, 2.05) is 6.07 Å². The summed E-state index contributed by atoms with van der Waals surface area (Å²) in [7, 11) is -2.75. The quantitative estimate of drug-likeness (QED) is 0.595. The highest BCUT2D eigenvalue weighted by Crippen LogP contribution is 2.43. The first kappa shape index (κ1) is 16.7. The van der Waals surface area contributed by atoms with Crippen molar-refractivity contribution in [3.63, 3.8) is 0 Å². The highest BCUT2D eigenvalue weighted by atomic mass is 32.1. The molecule has 0 fully saturated rings. The fraction of sp³-hybridized carbons (Fsp3) is 0.133. The Morgan fingerprint density at radius 2 is 1.92 bits per heavy atom. The second-order valence-corrected chi connectivity index (χ2v) is 7.70. The maximum atomic E-state index is 11.5. The molecule has 3 rings (SSSR count). The molecule has 1 aromatic heterocycles. The summed E-state index contributed by atoms with van der Waals surface area (Å²) < 4.78 is 17.6. The standard InChI is InChI=1S/C15H15N2O5PS/c1-22-12-6-7-13-14(8-12)24-15(16-13)17(9-23(19,20)21)10-2-4-11(18)5-3-10/h2-8,18H,9H2,1H3,(H2,19,20,21). The van der Waals surface area contributed by atoms with E-state index in [9.17, 15) is 19.5 Å². The van der Waals surface area contributed by atoms with Crippen molar-refractivity contribution in [2.75, 3.05) is 18.3 Å². The molecule has 0 saturated heterocycles. The molecule has 3 N–H and O–H groups in total. The number of benzene rings is 2. The third kappa shape index (κ3) is 3.68. The fourth-order valence-electron chi connectivity index (χ4n) is 2.20. The van der Waals surface area contributed by atoms with E-state index in [0.717, 1.165) is 4.70 Å². The number of phenolic OH excluding ortho intramolecular Hbond substituents is 1. The third-order valence-electron chi connectivity index (χ3n) is 3.30. The van der Waals surface area contributed by atoms with E-state index in [-0.39, 0.29) is 5.75 Å². The molecule has 2 aromatic carbocycles. The minimum atomic E-state index is -4.32. The molecule has 0 amide bonds. The minimum absolute atomic E-state index is 0.0731. The summed E-state index contributed by atoms with van der Waals surface area (Å²) in [5, 5.41) is 9.87. The minimum Gasteiger partial charge on any atom is -0.508 e. The molecule has 0 spiro atoms. The maximum Gasteiger partial charge on any atom is 0.345 e. The van der Waals surface area contributed by atoms with Gasteiger partial charge in [0.2, 0.25) is 0 Å². The van der Waals surface area contributed by atoms with Crippen molar-refractivity contribution in [1.29, 1.82) is 0 Å². The van der Waals surface area contributed by atoms with Gasteiger partial charge in [-0.1, -0.05) is 11.3 Å². The van der Waals surface area contributed by atoms with Gasteiger partial charge in [0.25, 0.3) is 0 Å². The van der Waals surface area contributed by atoms with E-state index in [0.29, 0.717) is 22.1 Å². The first-order valence-electron chi connectivity index (χ1n) is 6.91. The number of hydrogen-bond donors (Lipinski definition) is 3. The molecule has 0 atom stereocenters. The Hall–Kier alpha value is -2.12. The van der Waals surface area contributed by atoms with E-state index < -0.39 is 13.9 Å². The van der Waals surface area contributed by atoms with E-state index in [2.05, 4.69) is 4.98 Å². The number of thiazole rings is 1. The molecule has 1 heterocycles. The number of aromatic nitrogens is 1. The Morgan fingerprint density at radius 1 is 1.21 bits per heavy atom. The van der Waals surface area contributed by atoms with Gasteiger partial charge in [-0.25, -0.2) is 4.98 Å². The van der Waals surface area contributed by atoms with Crippen LogP contribution in [0.2, 0.25) is 0 Å². The molecule has 126 valence electrons. The molecule has 0 aliphatic carbocycles. The number of ether oxygens (including phenoxy) is 1. The molecule has 24 heavy (non-hydrogen) atoms. The van der Waals surface area contributed by atoms with Gasteiger partial charge in [-0.3, -0.25) is 4.57 Å². The average Bonchev–Trinajstić information content (AvgIpc) is 2.95. The van der Waals surface area contributed by atoms with Crippen molar-refractivity contribution < 1.29 is 24.2 Å². The highest BCUT2D eigenvalue weighted by Gasteiger charge is 2.24. The smallest absolute Gasteiger partial charge is 0.345 e. The lowest BCUT2D eigenvalue weighted by Gasteiger charge is -2.22. The summed E-state index contributed by atoms with van der Waals surface area (Å²) >= 11 is 1.30. The number of methoxy groups -OCH3 is 1. The van der Waals surface area contributed by atoms with Crippen molar-refractivity contribution in [3.8, 4) is 11.5 Å². The van der Waals surface area contributed by atoms with Crippen molar-refractivity contribution in [1.82, 2.24) is 4.98 Å².